The van der Waals surface area contributed by atoms with Crippen molar-refractivity contribution in [3.8, 4) is 5.75 Å². The van der Waals surface area contributed by atoms with Crippen molar-refractivity contribution in [1.82, 2.24) is 4.90 Å². The van der Waals surface area contributed by atoms with Crippen LogP contribution in [-0.4, -0.2) is 38.2 Å². The van der Waals surface area contributed by atoms with Gasteiger partial charge in [0.1, 0.15) is 5.75 Å². The molecule has 1 heterocycles. The fraction of sp³-hybridized carbons (Fsp3) is 0.409. The van der Waals surface area contributed by atoms with E-state index in [-0.39, 0.29) is 5.97 Å². The minimum atomic E-state index is -0.282. The first-order chi connectivity index (χ1) is 12.7. The molecule has 0 bridgehead atoms. The van der Waals surface area contributed by atoms with Crippen LogP contribution in [0.15, 0.2) is 48.5 Å². The van der Waals surface area contributed by atoms with Crippen LogP contribution in [-0.2, 0) is 17.7 Å². The van der Waals surface area contributed by atoms with Crippen molar-refractivity contribution in [1.29, 1.82) is 0 Å². The van der Waals surface area contributed by atoms with Crippen LogP contribution in [0.25, 0.3) is 0 Å². The third kappa shape index (κ3) is 4.85. The van der Waals surface area contributed by atoms with Gasteiger partial charge in [0.2, 0.25) is 0 Å². The van der Waals surface area contributed by atoms with Gasteiger partial charge in [0.15, 0.2) is 0 Å². The summed E-state index contributed by atoms with van der Waals surface area (Å²) in [7, 11) is 3.11. The van der Waals surface area contributed by atoms with Crippen molar-refractivity contribution >= 4 is 5.97 Å². The van der Waals surface area contributed by atoms with E-state index in [1.165, 1.54) is 31.1 Å². The van der Waals surface area contributed by atoms with Gasteiger partial charge in [0.05, 0.1) is 19.8 Å². The fourth-order valence-corrected chi connectivity index (χ4v) is 3.57. The number of esters is 1. The maximum atomic E-state index is 11.5. The normalized spacial score (nSPS) is 15.6. The minimum Gasteiger partial charge on any atom is -0.497 e. The van der Waals surface area contributed by atoms with Crippen LogP contribution in [0.5, 0.6) is 5.75 Å². The fourth-order valence-electron chi connectivity index (χ4n) is 3.57. The molecule has 4 heteroatoms. The first-order valence-corrected chi connectivity index (χ1v) is 9.20. The molecule has 0 aromatic heterocycles. The molecule has 26 heavy (non-hydrogen) atoms. The number of carbonyl (C=O) groups excluding carboxylic acids is 1. The van der Waals surface area contributed by atoms with Crippen LogP contribution in [0.2, 0.25) is 0 Å². The summed E-state index contributed by atoms with van der Waals surface area (Å²) in [6, 6.07) is 16.2. The Bertz CT molecular complexity index is 701. The Morgan fingerprint density at radius 2 is 1.58 bits per heavy atom. The molecule has 0 spiro atoms. The number of hydrogen-bond donors (Lipinski definition) is 0. The van der Waals surface area contributed by atoms with Crippen LogP contribution in [0, 0.1) is 5.92 Å². The highest BCUT2D eigenvalue weighted by molar-refractivity contribution is 5.89. The summed E-state index contributed by atoms with van der Waals surface area (Å²) in [6.45, 7) is 3.19. The second kappa shape index (κ2) is 8.86. The van der Waals surface area contributed by atoms with E-state index in [2.05, 4.69) is 17.0 Å². The van der Waals surface area contributed by atoms with E-state index in [1.807, 2.05) is 36.4 Å². The number of hydrogen-bond acceptors (Lipinski definition) is 4. The van der Waals surface area contributed by atoms with Gasteiger partial charge in [-0.25, -0.2) is 4.79 Å². The topological polar surface area (TPSA) is 38.8 Å². The molecule has 0 aliphatic carbocycles. The van der Waals surface area contributed by atoms with E-state index < -0.39 is 0 Å². The summed E-state index contributed by atoms with van der Waals surface area (Å²) < 4.78 is 9.97. The molecule has 1 fully saturated rings. The lowest BCUT2D eigenvalue weighted by Gasteiger charge is -2.32. The van der Waals surface area contributed by atoms with Gasteiger partial charge in [-0.05, 0) is 73.7 Å². The third-order valence-electron chi connectivity index (χ3n) is 5.17. The predicted molar refractivity (Wildman–Crippen MR) is 102 cm³/mol. The highest BCUT2D eigenvalue weighted by Gasteiger charge is 2.19. The van der Waals surface area contributed by atoms with Gasteiger partial charge in [0, 0.05) is 6.54 Å². The SMILES string of the molecule is COC(=O)c1ccc(CN2CCC(Cc3ccc(OC)cc3)CC2)cc1. The summed E-state index contributed by atoms with van der Waals surface area (Å²) in [5, 5.41) is 0. The molecular formula is C22H27NO3. The van der Waals surface area contributed by atoms with Gasteiger partial charge in [-0.2, -0.15) is 0 Å². The Morgan fingerprint density at radius 1 is 0.962 bits per heavy atom. The average molecular weight is 353 g/mol. The smallest absolute Gasteiger partial charge is 0.337 e. The Morgan fingerprint density at radius 3 is 2.15 bits per heavy atom. The van der Waals surface area contributed by atoms with E-state index in [0.29, 0.717) is 5.56 Å². The van der Waals surface area contributed by atoms with Gasteiger partial charge in [0.25, 0.3) is 0 Å². The molecule has 2 aromatic rings. The molecule has 2 aromatic carbocycles. The lowest BCUT2D eigenvalue weighted by molar-refractivity contribution is 0.0600. The first kappa shape index (κ1) is 18.5. The number of benzene rings is 2. The highest BCUT2D eigenvalue weighted by atomic mass is 16.5. The molecule has 0 N–H and O–H groups in total. The second-order valence-electron chi connectivity index (χ2n) is 6.96. The molecule has 3 rings (SSSR count). The van der Waals surface area contributed by atoms with Crippen LogP contribution < -0.4 is 4.74 Å². The Balaban J connectivity index is 1.46. The van der Waals surface area contributed by atoms with Crippen LogP contribution in [0.3, 0.4) is 0 Å². The number of rotatable bonds is 6. The number of carbonyl (C=O) groups is 1. The maximum absolute atomic E-state index is 11.5. The monoisotopic (exact) mass is 353 g/mol. The molecule has 1 aliphatic heterocycles. The Labute approximate surface area is 155 Å². The van der Waals surface area contributed by atoms with E-state index in [4.69, 9.17) is 9.47 Å². The zero-order valence-electron chi connectivity index (χ0n) is 15.6. The van der Waals surface area contributed by atoms with E-state index in [1.54, 1.807) is 7.11 Å². The summed E-state index contributed by atoms with van der Waals surface area (Å²) in [5.74, 6) is 1.39. The maximum Gasteiger partial charge on any atom is 0.337 e. The number of likely N-dealkylation sites (tertiary alicyclic amines) is 1. The lowest BCUT2D eigenvalue weighted by atomic mass is 9.90. The minimum absolute atomic E-state index is 0.282. The van der Waals surface area contributed by atoms with Crippen LogP contribution in [0.1, 0.15) is 34.3 Å². The predicted octanol–water partition coefficient (Wildman–Crippen LogP) is 3.94. The molecule has 1 saturated heterocycles. The lowest BCUT2D eigenvalue weighted by Crippen LogP contribution is -2.33. The molecule has 0 amide bonds. The molecule has 4 nitrogen and oxygen atoms in total. The summed E-state index contributed by atoms with van der Waals surface area (Å²) in [6.07, 6.45) is 3.60. The molecule has 0 unspecified atom stereocenters. The van der Waals surface area contributed by atoms with Crippen molar-refractivity contribution in [3.63, 3.8) is 0 Å². The summed E-state index contributed by atoms with van der Waals surface area (Å²) in [5.41, 5.74) is 3.24. The number of nitrogens with zero attached hydrogens (tertiary/aromatic N) is 1. The molecule has 0 saturated carbocycles. The summed E-state index contributed by atoms with van der Waals surface area (Å²) >= 11 is 0. The van der Waals surface area contributed by atoms with Gasteiger partial charge < -0.3 is 9.47 Å². The molecule has 0 atom stereocenters. The van der Waals surface area contributed by atoms with Gasteiger partial charge >= 0.3 is 5.97 Å². The van der Waals surface area contributed by atoms with Crippen molar-refractivity contribution < 1.29 is 14.3 Å². The van der Waals surface area contributed by atoms with E-state index >= 15 is 0 Å². The highest BCUT2D eigenvalue weighted by Crippen LogP contribution is 2.24. The zero-order chi connectivity index (χ0) is 18.4. The van der Waals surface area contributed by atoms with Crippen molar-refractivity contribution in [2.24, 2.45) is 5.92 Å². The average Bonchev–Trinajstić information content (AvgIpc) is 2.70. The largest absolute Gasteiger partial charge is 0.497 e. The molecule has 1 aliphatic rings. The van der Waals surface area contributed by atoms with Gasteiger partial charge in [-0.3, -0.25) is 4.90 Å². The number of ether oxygens (including phenoxy) is 2. The molecule has 138 valence electrons. The van der Waals surface area contributed by atoms with Crippen LogP contribution in [0.4, 0.5) is 0 Å². The van der Waals surface area contributed by atoms with Crippen molar-refractivity contribution in [2.75, 3.05) is 27.3 Å². The number of methoxy groups -OCH3 is 2. The summed E-state index contributed by atoms with van der Waals surface area (Å²) in [4.78, 5) is 14.0. The second-order valence-corrected chi connectivity index (χ2v) is 6.96. The Hall–Kier alpha value is -2.33. The zero-order valence-corrected chi connectivity index (χ0v) is 15.6. The van der Waals surface area contributed by atoms with E-state index in [9.17, 15) is 4.79 Å². The standard InChI is InChI=1S/C22H27NO3/c1-25-21-9-5-17(6-10-21)15-18-11-13-23(14-12-18)16-19-3-7-20(8-4-19)22(24)26-2/h3-10,18H,11-16H2,1-2H3. The van der Waals surface area contributed by atoms with Gasteiger partial charge in [-0.1, -0.05) is 24.3 Å². The first-order valence-electron chi connectivity index (χ1n) is 9.20. The quantitative estimate of drug-likeness (QED) is 0.738. The molecular weight excluding hydrogens is 326 g/mol. The third-order valence-corrected chi connectivity index (χ3v) is 5.17. The van der Waals surface area contributed by atoms with Crippen molar-refractivity contribution in [2.45, 2.75) is 25.8 Å². The number of piperidine rings is 1. The Kier molecular flexibility index (Phi) is 6.29. The van der Waals surface area contributed by atoms with Crippen LogP contribution >= 0.6 is 0 Å². The van der Waals surface area contributed by atoms with Gasteiger partial charge in [-0.15, -0.1) is 0 Å². The molecule has 0 radical (unpaired) electrons. The van der Waals surface area contributed by atoms with E-state index in [0.717, 1.165) is 37.7 Å². The van der Waals surface area contributed by atoms with Crippen molar-refractivity contribution in [3.05, 3.63) is 65.2 Å².